The van der Waals surface area contributed by atoms with E-state index in [1.165, 1.54) is 25.7 Å². The van der Waals surface area contributed by atoms with Gasteiger partial charge in [-0.15, -0.1) is 0 Å². The van der Waals surface area contributed by atoms with Crippen molar-refractivity contribution < 1.29 is 0 Å². The number of hydrogen-bond donors (Lipinski definition) is 2. The van der Waals surface area contributed by atoms with E-state index in [9.17, 15) is 0 Å². The minimum absolute atomic E-state index is 0.576. The molecule has 1 fully saturated rings. The van der Waals surface area contributed by atoms with Gasteiger partial charge in [0.2, 0.25) is 0 Å². The van der Waals surface area contributed by atoms with Crippen LogP contribution in [0.1, 0.15) is 38.4 Å². The Balaban J connectivity index is 1.80. The lowest BCUT2D eigenvalue weighted by atomic mass is 9.87. The molecule has 4 nitrogen and oxygen atoms in total. The summed E-state index contributed by atoms with van der Waals surface area (Å²) in [6.45, 7) is 4.27. The van der Waals surface area contributed by atoms with Gasteiger partial charge in [-0.1, -0.05) is 19.1 Å². The quantitative estimate of drug-likeness (QED) is 0.892. The van der Waals surface area contributed by atoms with Gasteiger partial charge in [0.25, 0.3) is 0 Å². The van der Waals surface area contributed by atoms with Gasteiger partial charge in [0.15, 0.2) is 5.82 Å². The number of anilines is 1. The van der Waals surface area contributed by atoms with Gasteiger partial charge in [0, 0.05) is 17.3 Å². The van der Waals surface area contributed by atoms with E-state index in [4.69, 9.17) is 0 Å². The Morgan fingerprint density at radius 1 is 1.15 bits per heavy atom. The van der Waals surface area contributed by atoms with Crippen molar-refractivity contribution in [1.29, 1.82) is 0 Å². The summed E-state index contributed by atoms with van der Waals surface area (Å²) in [6, 6.07) is 8.88. The molecule has 1 aromatic heterocycles. The molecule has 1 aliphatic carbocycles. The van der Waals surface area contributed by atoms with Crippen LogP contribution in [-0.4, -0.2) is 21.2 Å². The van der Waals surface area contributed by atoms with Gasteiger partial charge < -0.3 is 5.32 Å². The van der Waals surface area contributed by atoms with Crippen LogP contribution in [0.2, 0.25) is 0 Å². The predicted molar refractivity (Wildman–Crippen MR) is 81.6 cm³/mol. The van der Waals surface area contributed by atoms with E-state index in [1.807, 2.05) is 13.0 Å². The van der Waals surface area contributed by atoms with E-state index in [-0.39, 0.29) is 0 Å². The molecule has 0 aliphatic heterocycles. The third kappa shape index (κ3) is 2.84. The van der Waals surface area contributed by atoms with Crippen LogP contribution >= 0.6 is 0 Å². The molecule has 20 heavy (non-hydrogen) atoms. The van der Waals surface area contributed by atoms with Gasteiger partial charge in [-0.3, -0.25) is 5.10 Å². The Kier molecular flexibility index (Phi) is 3.72. The van der Waals surface area contributed by atoms with Crippen molar-refractivity contribution in [3.05, 3.63) is 30.1 Å². The minimum Gasteiger partial charge on any atom is -0.382 e. The maximum Gasteiger partial charge on any atom is 0.183 e. The Labute approximate surface area is 120 Å². The number of nitrogens with zero attached hydrogens (tertiary/aromatic N) is 2. The van der Waals surface area contributed by atoms with Gasteiger partial charge in [-0.25, -0.2) is 4.98 Å². The van der Waals surface area contributed by atoms with Crippen LogP contribution < -0.4 is 5.32 Å². The first-order valence-corrected chi connectivity index (χ1v) is 7.47. The van der Waals surface area contributed by atoms with Crippen molar-refractivity contribution in [2.45, 2.75) is 45.6 Å². The van der Waals surface area contributed by atoms with Gasteiger partial charge in [-0.2, -0.15) is 5.10 Å². The summed E-state index contributed by atoms with van der Waals surface area (Å²) in [6.07, 6.45) is 5.14. The van der Waals surface area contributed by atoms with E-state index in [0.717, 1.165) is 28.8 Å². The van der Waals surface area contributed by atoms with Crippen LogP contribution in [0.15, 0.2) is 24.3 Å². The van der Waals surface area contributed by atoms with Crippen LogP contribution in [0.5, 0.6) is 0 Å². The summed E-state index contributed by atoms with van der Waals surface area (Å²) in [5.74, 6) is 2.50. The molecule has 2 N–H and O–H groups in total. The molecule has 0 saturated heterocycles. The van der Waals surface area contributed by atoms with Crippen molar-refractivity contribution in [3.8, 4) is 11.4 Å². The number of benzene rings is 1. The second-order valence-corrected chi connectivity index (χ2v) is 5.89. The summed E-state index contributed by atoms with van der Waals surface area (Å²) in [5.41, 5.74) is 2.22. The van der Waals surface area contributed by atoms with E-state index < -0.39 is 0 Å². The number of H-pyrrole nitrogens is 1. The van der Waals surface area contributed by atoms with Crippen LogP contribution in [0.3, 0.4) is 0 Å². The lowest BCUT2D eigenvalue weighted by Gasteiger charge is -2.28. The topological polar surface area (TPSA) is 53.6 Å². The molecule has 0 bridgehead atoms. The lowest BCUT2D eigenvalue weighted by molar-refractivity contribution is 0.361. The van der Waals surface area contributed by atoms with Gasteiger partial charge in [0.1, 0.15) is 5.82 Å². The van der Waals surface area contributed by atoms with Crippen molar-refractivity contribution >= 4 is 5.69 Å². The molecule has 1 saturated carbocycles. The van der Waals surface area contributed by atoms with Crippen molar-refractivity contribution in [2.75, 3.05) is 5.32 Å². The standard InChI is InChI=1S/C16H22N4/c1-11-7-9-13(10-8-11)18-15-6-4-3-5-14(15)16-17-12(2)19-20-16/h3-6,11,13,18H,7-10H2,1-2H3,(H,17,19,20). The number of nitrogens with one attached hydrogen (secondary N) is 2. The molecular weight excluding hydrogens is 248 g/mol. The third-order valence-corrected chi connectivity index (χ3v) is 4.14. The number of aryl methyl sites for hydroxylation is 1. The second kappa shape index (κ2) is 5.65. The molecule has 106 valence electrons. The highest BCUT2D eigenvalue weighted by molar-refractivity contribution is 5.73. The van der Waals surface area contributed by atoms with Crippen LogP contribution in [-0.2, 0) is 0 Å². The highest BCUT2D eigenvalue weighted by Crippen LogP contribution is 2.30. The Morgan fingerprint density at radius 2 is 1.90 bits per heavy atom. The fourth-order valence-electron chi connectivity index (χ4n) is 2.89. The summed E-state index contributed by atoms with van der Waals surface area (Å²) >= 11 is 0. The summed E-state index contributed by atoms with van der Waals surface area (Å²) in [7, 11) is 0. The maximum absolute atomic E-state index is 4.44. The van der Waals surface area contributed by atoms with E-state index in [1.54, 1.807) is 0 Å². The average Bonchev–Trinajstić information content (AvgIpc) is 2.88. The molecule has 0 spiro atoms. The maximum atomic E-state index is 4.44. The monoisotopic (exact) mass is 270 g/mol. The fourth-order valence-corrected chi connectivity index (χ4v) is 2.89. The van der Waals surface area contributed by atoms with Gasteiger partial charge in [0.05, 0.1) is 0 Å². The molecule has 4 heteroatoms. The molecule has 3 rings (SSSR count). The molecule has 1 aliphatic rings. The average molecular weight is 270 g/mol. The van der Waals surface area contributed by atoms with Gasteiger partial charge >= 0.3 is 0 Å². The van der Waals surface area contributed by atoms with E-state index >= 15 is 0 Å². The first-order chi connectivity index (χ1) is 9.72. The highest BCUT2D eigenvalue weighted by Gasteiger charge is 2.19. The molecule has 0 amide bonds. The smallest absolute Gasteiger partial charge is 0.183 e. The normalized spacial score (nSPS) is 22.7. The number of hydrogen-bond acceptors (Lipinski definition) is 3. The lowest BCUT2D eigenvalue weighted by Crippen LogP contribution is -2.25. The molecule has 0 radical (unpaired) electrons. The zero-order valence-electron chi connectivity index (χ0n) is 12.2. The van der Waals surface area contributed by atoms with Gasteiger partial charge in [-0.05, 0) is 50.7 Å². The van der Waals surface area contributed by atoms with Crippen molar-refractivity contribution in [2.24, 2.45) is 5.92 Å². The van der Waals surface area contributed by atoms with Crippen LogP contribution in [0.4, 0.5) is 5.69 Å². The minimum atomic E-state index is 0.576. The summed E-state index contributed by atoms with van der Waals surface area (Å²) in [5, 5.41) is 10.9. The molecule has 0 atom stereocenters. The predicted octanol–water partition coefficient (Wildman–Crippen LogP) is 3.77. The Hall–Kier alpha value is -1.84. The number of rotatable bonds is 3. The van der Waals surface area contributed by atoms with E-state index in [2.05, 4.69) is 45.6 Å². The molecule has 1 heterocycles. The Morgan fingerprint density at radius 3 is 2.60 bits per heavy atom. The number of para-hydroxylation sites is 1. The zero-order valence-corrected chi connectivity index (χ0v) is 12.2. The zero-order chi connectivity index (χ0) is 13.9. The van der Waals surface area contributed by atoms with Crippen LogP contribution in [0, 0.1) is 12.8 Å². The first-order valence-electron chi connectivity index (χ1n) is 7.47. The second-order valence-electron chi connectivity index (χ2n) is 5.89. The third-order valence-electron chi connectivity index (χ3n) is 4.14. The molecule has 1 aromatic carbocycles. The number of aromatic amines is 1. The summed E-state index contributed by atoms with van der Waals surface area (Å²) < 4.78 is 0. The van der Waals surface area contributed by atoms with Crippen molar-refractivity contribution in [3.63, 3.8) is 0 Å². The number of aromatic nitrogens is 3. The van der Waals surface area contributed by atoms with E-state index in [0.29, 0.717) is 6.04 Å². The summed E-state index contributed by atoms with van der Waals surface area (Å²) in [4.78, 5) is 4.44. The fraction of sp³-hybridized carbons (Fsp3) is 0.500. The van der Waals surface area contributed by atoms with Crippen molar-refractivity contribution in [1.82, 2.24) is 15.2 Å². The highest BCUT2D eigenvalue weighted by atomic mass is 15.2. The first kappa shape index (κ1) is 13.2. The largest absolute Gasteiger partial charge is 0.382 e. The molecule has 0 unspecified atom stereocenters. The van der Waals surface area contributed by atoms with Crippen LogP contribution in [0.25, 0.3) is 11.4 Å². The Bertz CT molecular complexity index is 567. The molecular formula is C16H22N4. The molecule has 2 aromatic rings. The SMILES string of the molecule is Cc1nc(-c2ccccc2NC2CCC(C)CC2)n[nH]1.